The number of H-pyrrole nitrogens is 1. The van der Waals surface area contributed by atoms with Crippen LogP contribution in [0.1, 0.15) is 21.6 Å². The lowest BCUT2D eigenvalue weighted by Gasteiger charge is -2.09. The highest BCUT2D eigenvalue weighted by Gasteiger charge is 2.19. The highest BCUT2D eigenvalue weighted by atomic mass is 16.6. The van der Waals surface area contributed by atoms with Crippen molar-refractivity contribution in [2.75, 3.05) is 5.32 Å². The molecule has 0 fully saturated rings. The molecule has 0 aliphatic heterocycles. The highest BCUT2D eigenvalue weighted by molar-refractivity contribution is 6.08. The number of nitrogens with zero attached hydrogens (tertiary/aromatic N) is 2. The Bertz CT molecular complexity index is 1240. The highest BCUT2D eigenvalue weighted by Crippen LogP contribution is 2.23. The molecule has 142 valence electrons. The minimum absolute atomic E-state index is 0.00887. The first-order valence-corrected chi connectivity index (χ1v) is 8.88. The van der Waals surface area contributed by atoms with E-state index in [2.05, 4.69) is 15.5 Å². The molecule has 3 aromatic carbocycles. The van der Waals surface area contributed by atoms with Gasteiger partial charge in [0.05, 0.1) is 16.1 Å². The Morgan fingerprint density at radius 3 is 2.55 bits per heavy atom. The van der Waals surface area contributed by atoms with Crippen LogP contribution in [0.15, 0.2) is 72.8 Å². The van der Waals surface area contributed by atoms with E-state index in [1.165, 1.54) is 18.2 Å². The number of hydrogen-bond donors (Lipinski definition) is 2. The molecule has 0 bridgehead atoms. The number of fused-ring (bicyclic) bond motifs is 1. The minimum atomic E-state index is -0.566. The fraction of sp³-hybridized carbons (Fsp3) is 0. The van der Waals surface area contributed by atoms with E-state index >= 15 is 0 Å². The summed E-state index contributed by atoms with van der Waals surface area (Å²) >= 11 is 0. The van der Waals surface area contributed by atoms with Crippen LogP contribution in [0.2, 0.25) is 0 Å². The molecule has 0 unspecified atom stereocenters. The zero-order valence-corrected chi connectivity index (χ0v) is 15.2. The van der Waals surface area contributed by atoms with E-state index in [1.54, 1.807) is 18.2 Å². The van der Waals surface area contributed by atoms with Gasteiger partial charge in [0.15, 0.2) is 0 Å². The summed E-state index contributed by atoms with van der Waals surface area (Å²) in [6, 6.07) is 20.9. The van der Waals surface area contributed by atoms with E-state index in [0.717, 1.165) is 22.2 Å². The summed E-state index contributed by atoms with van der Waals surface area (Å²) in [4.78, 5) is 23.3. The molecule has 0 spiro atoms. The molecular weight excluding hydrogens is 368 g/mol. The smallest absolute Gasteiger partial charge is 0.282 e. The summed E-state index contributed by atoms with van der Waals surface area (Å²) in [7, 11) is 0. The van der Waals surface area contributed by atoms with Gasteiger partial charge in [0.2, 0.25) is 0 Å². The number of aromatic nitrogens is 2. The fourth-order valence-corrected chi connectivity index (χ4v) is 3.05. The number of benzene rings is 3. The van der Waals surface area contributed by atoms with E-state index in [9.17, 15) is 14.9 Å². The zero-order chi connectivity index (χ0) is 20.2. The molecule has 0 saturated carbocycles. The van der Waals surface area contributed by atoms with Crippen LogP contribution in [-0.4, -0.2) is 21.0 Å². The van der Waals surface area contributed by atoms with E-state index in [-0.39, 0.29) is 11.3 Å². The molecule has 1 amide bonds. The third-order valence-electron chi connectivity index (χ3n) is 4.47. The second kappa shape index (κ2) is 7.77. The Hall–Kier alpha value is -4.26. The first-order valence-electron chi connectivity index (χ1n) is 8.88. The SMILES string of the molecule is O=C(Nc1ccccc1/C=C/c1n[nH]c2ccccc12)c1ccccc1[N+](=O)[O-]. The van der Waals surface area contributed by atoms with Gasteiger partial charge in [0, 0.05) is 17.1 Å². The molecule has 0 saturated heterocycles. The number of aromatic amines is 1. The molecule has 0 aliphatic carbocycles. The number of para-hydroxylation sites is 3. The first kappa shape index (κ1) is 18.1. The molecule has 1 heterocycles. The third kappa shape index (κ3) is 3.74. The summed E-state index contributed by atoms with van der Waals surface area (Å²) < 4.78 is 0. The van der Waals surface area contributed by atoms with Crippen LogP contribution in [-0.2, 0) is 0 Å². The van der Waals surface area contributed by atoms with E-state index in [1.807, 2.05) is 48.6 Å². The maximum Gasteiger partial charge on any atom is 0.282 e. The largest absolute Gasteiger partial charge is 0.321 e. The normalized spacial score (nSPS) is 11.0. The van der Waals surface area contributed by atoms with E-state index < -0.39 is 10.8 Å². The molecule has 0 aliphatic rings. The summed E-state index contributed by atoms with van der Waals surface area (Å²) in [6.07, 6.45) is 3.70. The monoisotopic (exact) mass is 384 g/mol. The number of anilines is 1. The molecule has 7 heteroatoms. The van der Waals surface area contributed by atoms with E-state index in [4.69, 9.17) is 0 Å². The van der Waals surface area contributed by atoms with Crippen LogP contribution in [0.25, 0.3) is 23.1 Å². The van der Waals surface area contributed by atoms with Crippen molar-refractivity contribution in [3.05, 3.63) is 99.7 Å². The van der Waals surface area contributed by atoms with Crippen LogP contribution in [0.3, 0.4) is 0 Å². The van der Waals surface area contributed by atoms with Gasteiger partial charge in [-0.2, -0.15) is 5.10 Å². The predicted octanol–water partition coefficient (Wildman–Crippen LogP) is 4.89. The van der Waals surface area contributed by atoms with Gasteiger partial charge in [-0.25, -0.2) is 0 Å². The Balaban J connectivity index is 1.62. The number of hydrogen-bond acceptors (Lipinski definition) is 4. The maximum atomic E-state index is 12.6. The predicted molar refractivity (Wildman–Crippen MR) is 113 cm³/mol. The number of carbonyl (C=O) groups excluding carboxylic acids is 1. The number of nitrogens with one attached hydrogen (secondary N) is 2. The number of rotatable bonds is 5. The number of nitro groups is 1. The van der Waals surface area contributed by atoms with Gasteiger partial charge < -0.3 is 5.32 Å². The molecular formula is C22H16N4O3. The molecule has 4 aromatic rings. The average molecular weight is 384 g/mol. The van der Waals surface area contributed by atoms with Gasteiger partial charge >= 0.3 is 0 Å². The second-order valence-corrected chi connectivity index (χ2v) is 6.30. The number of amides is 1. The topological polar surface area (TPSA) is 101 Å². The second-order valence-electron chi connectivity index (χ2n) is 6.30. The van der Waals surface area contributed by atoms with Crippen molar-refractivity contribution < 1.29 is 9.72 Å². The molecule has 7 nitrogen and oxygen atoms in total. The average Bonchev–Trinajstić information content (AvgIpc) is 3.16. The van der Waals surface area contributed by atoms with Crippen molar-refractivity contribution in [1.82, 2.24) is 10.2 Å². The van der Waals surface area contributed by atoms with Crippen molar-refractivity contribution >= 4 is 40.3 Å². The van der Waals surface area contributed by atoms with Crippen LogP contribution in [0.5, 0.6) is 0 Å². The fourth-order valence-electron chi connectivity index (χ4n) is 3.05. The molecule has 29 heavy (non-hydrogen) atoms. The van der Waals surface area contributed by atoms with Crippen molar-refractivity contribution in [1.29, 1.82) is 0 Å². The van der Waals surface area contributed by atoms with Gasteiger partial charge in [-0.1, -0.05) is 54.6 Å². The van der Waals surface area contributed by atoms with Crippen molar-refractivity contribution in [2.45, 2.75) is 0 Å². The molecule has 0 radical (unpaired) electrons. The Kier molecular flexibility index (Phi) is 4.86. The lowest BCUT2D eigenvalue weighted by molar-refractivity contribution is -0.385. The minimum Gasteiger partial charge on any atom is -0.321 e. The Morgan fingerprint density at radius 1 is 0.966 bits per heavy atom. The molecule has 4 rings (SSSR count). The van der Waals surface area contributed by atoms with Crippen LogP contribution < -0.4 is 5.32 Å². The first-order chi connectivity index (χ1) is 14.1. The van der Waals surface area contributed by atoms with Gasteiger partial charge in [-0.05, 0) is 29.8 Å². The lowest BCUT2D eigenvalue weighted by atomic mass is 10.1. The molecule has 0 atom stereocenters. The summed E-state index contributed by atoms with van der Waals surface area (Å²) in [5.74, 6) is -0.539. The summed E-state index contributed by atoms with van der Waals surface area (Å²) in [5.41, 5.74) is 2.79. The van der Waals surface area contributed by atoms with Crippen molar-refractivity contribution in [3.63, 3.8) is 0 Å². The van der Waals surface area contributed by atoms with Gasteiger partial charge in [0.1, 0.15) is 5.56 Å². The summed E-state index contributed by atoms with van der Waals surface area (Å²) in [5, 5.41) is 22.2. The van der Waals surface area contributed by atoms with Crippen LogP contribution in [0.4, 0.5) is 11.4 Å². The Morgan fingerprint density at radius 2 is 1.69 bits per heavy atom. The Labute approximate surface area is 165 Å². The summed E-state index contributed by atoms with van der Waals surface area (Å²) in [6.45, 7) is 0. The van der Waals surface area contributed by atoms with Crippen molar-refractivity contribution in [2.24, 2.45) is 0 Å². The number of carbonyl (C=O) groups is 1. The standard InChI is InChI=1S/C22H16N4O3/c27-22(17-9-3-6-12-21(17)26(28)29)23-18-10-4-1-7-15(18)13-14-20-16-8-2-5-11-19(16)24-25-20/h1-14H,(H,23,27)(H,24,25)/b14-13+. The van der Waals surface area contributed by atoms with Crippen molar-refractivity contribution in [3.8, 4) is 0 Å². The van der Waals surface area contributed by atoms with Gasteiger partial charge in [-0.3, -0.25) is 20.0 Å². The van der Waals surface area contributed by atoms with Crippen LogP contribution >= 0.6 is 0 Å². The molecule has 1 aromatic heterocycles. The number of nitro benzene ring substituents is 1. The molecule has 2 N–H and O–H groups in total. The lowest BCUT2D eigenvalue weighted by Crippen LogP contribution is -2.14. The van der Waals surface area contributed by atoms with Crippen LogP contribution in [0, 0.1) is 10.1 Å². The van der Waals surface area contributed by atoms with E-state index in [0.29, 0.717) is 5.69 Å². The maximum absolute atomic E-state index is 12.6. The quantitative estimate of drug-likeness (QED) is 0.378. The van der Waals surface area contributed by atoms with Gasteiger partial charge in [-0.15, -0.1) is 0 Å². The van der Waals surface area contributed by atoms with Gasteiger partial charge in [0.25, 0.3) is 11.6 Å². The third-order valence-corrected chi connectivity index (χ3v) is 4.47. The zero-order valence-electron chi connectivity index (χ0n) is 15.2.